The van der Waals surface area contributed by atoms with Crippen molar-refractivity contribution in [2.24, 2.45) is 5.92 Å². The number of likely N-dealkylation sites (tertiary alicyclic amines) is 1. The standard InChI is InChI=1S/C26H27ClN4O2/c1-16(2)15-21-22-23(29-28-21)26(33)31(24(22)19-7-3-4-8-20(19)27)18-11-9-17(10-12-18)25(32)30-13-5-6-14-30/h3-4,7-12,16,24H,5-6,13-15H2,1-2H3,(H,28,29). The monoisotopic (exact) mass is 462 g/mol. The Hall–Kier alpha value is -3.12. The van der Waals surface area contributed by atoms with Crippen LogP contribution in [0, 0.1) is 5.92 Å². The first-order chi connectivity index (χ1) is 16.0. The average Bonchev–Trinajstić information content (AvgIpc) is 3.53. The number of nitrogens with zero attached hydrogens (tertiary/aromatic N) is 3. The van der Waals surface area contributed by atoms with Crippen LogP contribution in [0.15, 0.2) is 48.5 Å². The average molecular weight is 463 g/mol. The smallest absolute Gasteiger partial charge is 0.277 e. The molecule has 33 heavy (non-hydrogen) atoms. The molecule has 7 heteroatoms. The third-order valence-electron chi connectivity index (χ3n) is 6.43. The molecule has 1 saturated heterocycles. The molecule has 2 aliphatic heterocycles. The van der Waals surface area contributed by atoms with E-state index < -0.39 is 0 Å². The molecular weight excluding hydrogens is 436 g/mol. The fourth-order valence-corrected chi connectivity index (χ4v) is 5.12. The van der Waals surface area contributed by atoms with E-state index in [9.17, 15) is 9.59 Å². The Kier molecular flexibility index (Phi) is 5.71. The number of nitrogens with one attached hydrogen (secondary N) is 1. The van der Waals surface area contributed by atoms with Crippen LogP contribution in [0.3, 0.4) is 0 Å². The molecule has 1 atom stereocenters. The number of hydrogen-bond donors (Lipinski definition) is 1. The van der Waals surface area contributed by atoms with Crippen molar-refractivity contribution in [1.82, 2.24) is 15.1 Å². The van der Waals surface area contributed by atoms with Gasteiger partial charge in [0, 0.05) is 34.9 Å². The molecular formula is C26H27ClN4O2. The predicted octanol–water partition coefficient (Wildman–Crippen LogP) is 5.25. The normalized spacial score (nSPS) is 17.8. The fraction of sp³-hybridized carbons (Fsp3) is 0.346. The summed E-state index contributed by atoms with van der Waals surface area (Å²) in [4.78, 5) is 30.0. The zero-order chi connectivity index (χ0) is 23.1. The van der Waals surface area contributed by atoms with Crippen LogP contribution in [0.4, 0.5) is 5.69 Å². The van der Waals surface area contributed by atoms with Gasteiger partial charge in [-0.1, -0.05) is 43.6 Å². The second-order valence-corrected chi connectivity index (χ2v) is 9.61. The number of carbonyl (C=O) groups is 2. The highest BCUT2D eigenvalue weighted by Gasteiger charge is 2.43. The van der Waals surface area contributed by atoms with Crippen molar-refractivity contribution in [3.8, 4) is 0 Å². The highest BCUT2D eigenvalue weighted by Crippen LogP contribution is 2.44. The Labute approximate surface area is 198 Å². The molecule has 1 fully saturated rings. The van der Waals surface area contributed by atoms with Crippen LogP contribution >= 0.6 is 11.6 Å². The number of aromatic amines is 1. The van der Waals surface area contributed by atoms with E-state index in [-0.39, 0.29) is 17.9 Å². The number of fused-ring (bicyclic) bond motifs is 1. The Morgan fingerprint density at radius 1 is 1.12 bits per heavy atom. The van der Waals surface area contributed by atoms with Gasteiger partial charge in [-0.25, -0.2) is 0 Å². The third-order valence-corrected chi connectivity index (χ3v) is 6.78. The fourth-order valence-electron chi connectivity index (χ4n) is 4.88. The molecule has 0 aliphatic carbocycles. The van der Waals surface area contributed by atoms with E-state index in [2.05, 4.69) is 24.0 Å². The summed E-state index contributed by atoms with van der Waals surface area (Å²) in [7, 11) is 0. The van der Waals surface area contributed by atoms with E-state index in [1.54, 1.807) is 4.90 Å². The predicted molar refractivity (Wildman–Crippen MR) is 129 cm³/mol. The summed E-state index contributed by atoms with van der Waals surface area (Å²) >= 11 is 6.62. The molecule has 2 aliphatic rings. The second kappa shape index (κ2) is 8.67. The summed E-state index contributed by atoms with van der Waals surface area (Å²) in [6, 6.07) is 14.6. The largest absolute Gasteiger partial charge is 0.339 e. The van der Waals surface area contributed by atoms with Crippen LogP contribution in [0.25, 0.3) is 0 Å². The maximum absolute atomic E-state index is 13.6. The van der Waals surface area contributed by atoms with Gasteiger partial charge in [0.1, 0.15) is 5.69 Å². The number of benzene rings is 2. The first kappa shape index (κ1) is 21.7. The molecule has 0 saturated carbocycles. The van der Waals surface area contributed by atoms with E-state index in [1.807, 2.05) is 53.4 Å². The molecule has 3 heterocycles. The zero-order valence-electron chi connectivity index (χ0n) is 18.8. The Balaban J connectivity index is 1.56. The summed E-state index contributed by atoms with van der Waals surface area (Å²) in [6.07, 6.45) is 2.86. The van der Waals surface area contributed by atoms with Crippen molar-refractivity contribution >= 4 is 29.1 Å². The highest BCUT2D eigenvalue weighted by atomic mass is 35.5. The second-order valence-electron chi connectivity index (χ2n) is 9.20. The van der Waals surface area contributed by atoms with Crippen molar-refractivity contribution in [3.63, 3.8) is 0 Å². The summed E-state index contributed by atoms with van der Waals surface area (Å²) in [5, 5.41) is 8.06. The zero-order valence-corrected chi connectivity index (χ0v) is 19.6. The Morgan fingerprint density at radius 2 is 1.82 bits per heavy atom. The van der Waals surface area contributed by atoms with Crippen molar-refractivity contribution in [2.75, 3.05) is 18.0 Å². The molecule has 1 N–H and O–H groups in total. The number of rotatable bonds is 5. The molecule has 5 rings (SSSR count). The molecule has 0 radical (unpaired) electrons. The number of carbonyl (C=O) groups excluding carboxylic acids is 2. The van der Waals surface area contributed by atoms with Gasteiger partial charge in [-0.05, 0) is 61.1 Å². The SMILES string of the molecule is CC(C)Cc1n[nH]c2c1C(c1ccccc1Cl)N(c1ccc(C(=O)N3CCCC3)cc1)C2=O. The van der Waals surface area contributed by atoms with Gasteiger partial charge in [0.15, 0.2) is 0 Å². The van der Waals surface area contributed by atoms with E-state index in [1.165, 1.54) is 0 Å². The topological polar surface area (TPSA) is 69.3 Å². The summed E-state index contributed by atoms with van der Waals surface area (Å²) in [5.41, 5.74) is 4.51. The Bertz CT molecular complexity index is 1200. The maximum atomic E-state index is 13.6. The minimum atomic E-state index is -0.381. The van der Waals surface area contributed by atoms with E-state index >= 15 is 0 Å². The molecule has 0 bridgehead atoms. The number of aromatic nitrogens is 2. The van der Waals surface area contributed by atoms with Gasteiger partial charge >= 0.3 is 0 Å². The quantitative estimate of drug-likeness (QED) is 0.563. The van der Waals surface area contributed by atoms with Crippen molar-refractivity contribution < 1.29 is 9.59 Å². The minimum absolute atomic E-state index is 0.0445. The first-order valence-corrected chi connectivity index (χ1v) is 11.9. The number of halogens is 1. The summed E-state index contributed by atoms with van der Waals surface area (Å²) in [5.74, 6) is 0.295. The van der Waals surface area contributed by atoms with Crippen LogP contribution in [-0.2, 0) is 6.42 Å². The van der Waals surface area contributed by atoms with Gasteiger partial charge in [-0.15, -0.1) is 0 Å². The van der Waals surface area contributed by atoms with Crippen LogP contribution in [-0.4, -0.2) is 40.0 Å². The number of H-pyrrole nitrogens is 1. The third kappa shape index (κ3) is 3.82. The van der Waals surface area contributed by atoms with Crippen LogP contribution in [0.5, 0.6) is 0 Å². The van der Waals surface area contributed by atoms with E-state index in [0.717, 1.165) is 54.9 Å². The van der Waals surface area contributed by atoms with E-state index in [4.69, 9.17) is 11.6 Å². The summed E-state index contributed by atoms with van der Waals surface area (Å²) in [6.45, 7) is 5.88. The van der Waals surface area contributed by atoms with Gasteiger partial charge in [0.25, 0.3) is 11.8 Å². The lowest BCUT2D eigenvalue weighted by Crippen LogP contribution is -2.30. The van der Waals surface area contributed by atoms with Crippen molar-refractivity contribution in [1.29, 1.82) is 0 Å². The maximum Gasteiger partial charge on any atom is 0.277 e. The number of hydrogen-bond acceptors (Lipinski definition) is 3. The van der Waals surface area contributed by atoms with Crippen LogP contribution in [0.1, 0.15) is 70.4 Å². The van der Waals surface area contributed by atoms with Gasteiger partial charge in [0.05, 0.1) is 11.7 Å². The molecule has 170 valence electrons. The minimum Gasteiger partial charge on any atom is -0.339 e. The Morgan fingerprint density at radius 3 is 2.48 bits per heavy atom. The van der Waals surface area contributed by atoms with Crippen molar-refractivity contribution in [3.05, 3.63) is 81.6 Å². The van der Waals surface area contributed by atoms with Crippen molar-refractivity contribution in [2.45, 2.75) is 39.2 Å². The number of anilines is 1. The molecule has 6 nitrogen and oxygen atoms in total. The van der Waals surface area contributed by atoms with Crippen LogP contribution < -0.4 is 4.90 Å². The molecule has 1 unspecified atom stereocenters. The van der Waals surface area contributed by atoms with Gasteiger partial charge in [-0.3, -0.25) is 19.6 Å². The lowest BCUT2D eigenvalue weighted by molar-refractivity contribution is 0.0792. The molecule has 1 aromatic heterocycles. The van der Waals surface area contributed by atoms with Crippen LogP contribution in [0.2, 0.25) is 5.02 Å². The van der Waals surface area contributed by atoms with Gasteiger partial charge < -0.3 is 4.90 Å². The van der Waals surface area contributed by atoms with Gasteiger partial charge in [0.2, 0.25) is 0 Å². The lowest BCUT2D eigenvalue weighted by atomic mass is 9.95. The summed E-state index contributed by atoms with van der Waals surface area (Å²) < 4.78 is 0. The molecule has 2 amide bonds. The first-order valence-electron chi connectivity index (χ1n) is 11.5. The highest BCUT2D eigenvalue weighted by molar-refractivity contribution is 6.31. The molecule has 0 spiro atoms. The molecule has 3 aromatic rings. The lowest BCUT2D eigenvalue weighted by Gasteiger charge is -2.27. The van der Waals surface area contributed by atoms with Gasteiger partial charge in [-0.2, -0.15) is 5.10 Å². The number of amides is 2. The molecule has 2 aromatic carbocycles. The van der Waals surface area contributed by atoms with E-state index in [0.29, 0.717) is 22.2 Å².